The molecule has 1 N–H and O–H groups in total. The number of hydrogen-bond donors (Lipinski definition) is 1. The van der Waals surface area contributed by atoms with Gasteiger partial charge in [-0.3, -0.25) is 0 Å². The van der Waals surface area contributed by atoms with Crippen LogP contribution >= 0.6 is 52.3 Å². The summed E-state index contributed by atoms with van der Waals surface area (Å²) in [6.45, 7) is 9.91. The van der Waals surface area contributed by atoms with Crippen LogP contribution in [0.2, 0.25) is 5.02 Å². The molecule has 0 aliphatic heterocycles. The maximum absolute atomic E-state index is 6.02. The monoisotopic (exact) mass is 496 g/mol. The second-order valence-electron chi connectivity index (χ2n) is 5.87. The van der Waals surface area contributed by atoms with Crippen LogP contribution < -0.4 is 10.1 Å². The maximum Gasteiger partial charge on any atom is 0.124 e. The maximum atomic E-state index is 6.02. The lowest BCUT2D eigenvalue weighted by atomic mass is 10.2. The zero-order valence-electron chi connectivity index (χ0n) is 15.7. The number of rotatable bonds is 10. The molecule has 27 heavy (non-hydrogen) atoms. The highest BCUT2D eigenvalue weighted by Crippen LogP contribution is 2.24. The van der Waals surface area contributed by atoms with Gasteiger partial charge in [0, 0.05) is 34.7 Å². The topological polar surface area (TPSA) is 24.5 Å². The molecule has 0 unspecified atom stereocenters. The average Bonchev–Trinajstić information content (AvgIpc) is 2.62. The highest BCUT2D eigenvalue weighted by Gasteiger charge is 2.06. The fourth-order valence-corrected chi connectivity index (χ4v) is 3.10. The summed E-state index contributed by atoms with van der Waals surface area (Å²) in [6.07, 6.45) is 0. The van der Waals surface area contributed by atoms with Gasteiger partial charge < -0.3 is 15.0 Å². The molecule has 0 aromatic heterocycles. The highest BCUT2D eigenvalue weighted by molar-refractivity contribution is 9.10. The van der Waals surface area contributed by atoms with E-state index in [2.05, 4.69) is 46.1 Å². The molecule has 0 saturated heterocycles. The van der Waals surface area contributed by atoms with Crippen molar-refractivity contribution in [3.63, 3.8) is 0 Å². The first-order valence-corrected chi connectivity index (χ1v) is 9.88. The summed E-state index contributed by atoms with van der Waals surface area (Å²) in [6, 6.07) is 13.9. The Balaban J connectivity index is 0.00000338. The van der Waals surface area contributed by atoms with Gasteiger partial charge in [-0.25, -0.2) is 0 Å². The lowest BCUT2D eigenvalue weighted by Gasteiger charge is -2.18. The normalized spacial score (nSPS) is 10.3. The minimum Gasteiger partial charge on any atom is -0.489 e. The van der Waals surface area contributed by atoms with Gasteiger partial charge in [0.05, 0.1) is 0 Å². The van der Waals surface area contributed by atoms with Gasteiger partial charge in [0.2, 0.25) is 0 Å². The van der Waals surface area contributed by atoms with E-state index < -0.39 is 0 Å². The predicted octanol–water partition coefficient (Wildman–Crippen LogP) is 5.96. The zero-order valence-corrected chi connectivity index (χ0v) is 19.7. The Labute approximate surface area is 188 Å². The Bertz CT molecular complexity index is 652. The van der Waals surface area contributed by atoms with Crippen LogP contribution in [0.5, 0.6) is 5.75 Å². The van der Waals surface area contributed by atoms with Gasteiger partial charge in [-0.15, -0.1) is 24.8 Å². The Morgan fingerprint density at radius 2 is 1.70 bits per heavy atom. The van der Waals surface area contributed by atoms with Gasteiger partial charge in [0.15, 0.2) is 0 Å². The molecule has 0 amide bonds. The summed E-state index contributed by atoms with van der Waals surface area (Å²) in [5.74, 6) is 0.911. The van der Waals surface area contributed by atoms with E-state index in [4.69, 9.17) is 16.3 Å². The minimum absolute atomic E-state index is 0. The standard InChI is InChI=1S/C20H26BrClN2O.2ClH/c1-3-24(4-2)12-11-23-14-17-13-18(21)7-10-20(17)25-15-16-5-8-19(22)9-6-16;;/h5-10,13,23H,3-4,11-12,14-15H2,1-2H3;2*1H. The van der Waals surface area contributed by atoms with Crippen LogP contribution in [0, 0.1) is 0 Å². The number of hydrogen-bond acceptors (Lipinski definition) is 3. The Hall–Kier alpha value is -0.490. The third-order valence-electron chi connectivity index (χ3n) is 4.14. The fourth-order valence-electron chi connectivity index (χ4n) is 2.57. The van der Waals surface area contributed by atoms with Crippen molar-refractivity contribution < 1.29 is 4.74 Å². The van der Waals surface area contributed by atoms with Crippen molar-refractivity contribution in [1.82, 2.24) is 10.2 Å². The average molecular weight is 499 g/mol. The van der Waals surface area contributed by atoms with Crippen molar-refractivity contribution in [3.05, 3.63) is 63.1 Å². The van der Waals surface area contributed by atoms with E-state index in [1.807, 2.05) is 36.4 Å². The molecular formula is C20H28BrCl3N2O. The molecular weight excluding hydrogens is 470 g/mol. The first kappa shape index (κ1) is 26.5. The van der Waals surface area contributed by atoms with Crippen LogP contribution in [0.3, 0.4) is 0 Å². The van der Waals surface area contributed by atoms with E-state index in [9.17, 15) is 0 Å². The number of benzene rings is 2. The van der Waals surface area contributed by atoms with Gasteiger partial charge >= 0.3 is 0 Å². The van der Waals surface area contributed by atoms with E-state index in [0.717, 1.165) is 59.1 Å². The first-order valence-electron chi connectivity index (χ1n) is 8.71. The summed E-state index contributed by atoms with van der Waals surface area (Å²) >= 11 is 9.48. The number of ether oxygens (including phenoxy) is 1. The molecule has 0 atom stereocenters. The Morgan fingerprint density at radius 3 is 2.33 bits per heavy atom. The molecule has 152 valence electrons. The van der Waals surface area contributed by atoms with Crippen LogP contribution in [0.4, 0.5) is 0 Å². The van der Waals surface area contributed by atoms with Crippen LogP contribution in [-0.4, -0.2) is 31.1 Å². The van der Waals surface area contributed by atoms with Crippen molar-refractivity contribution >= 4 is 52.3 Å². The molecule has 3 nitrogen and oxygen atoms in total. The number of nitrogens with one attached hydrogen (secondary N) is 1. The molecule has 0 aliphatic carbocycles. The molecule has 0 fully saturated rings. The van der Waals surface area contributed by atoms with Gasteiger partial charge in [-0.1, -0.05) is 53.5 Å². The second kappa shape index (κ2) is 14.5. The largest absolute Gasteiger partial charge is 0.489 e. The lowest BCUT2D eigenvalue weighted by Crippen LogP contribution is -2.31. The summed E-state index contributed by atoms with van der Waals surface area (Å²) in [5.41, 5.74) is 2.26. The molecule has 2 aromatic carbocycles. The van der Waals surface area contributed by atoms with Crippen molar-refractivity contribution in [2.75, 3.05) is 26.2 Å². The summed E-state index contributed by atoms with van der Waals surface area (Å²) < 4.78 is 7.09. The van der Waals surface area contributed by atoms with Gasteiger partial charge in [-0.2, -0.15) is 0 Å². The van der Waals surface area contributed by atoms with E-state index in [1.54, 1.807) is 0 Å². The minimum atomic E-state index is 0. The molecule has 7 heteroatoms. The third-order valence-corrected chi connectivity index (χ3v) is 4.89. The van der Waals surface area contributed by atoms with Crippen molar-refractivity contribution in [2.24, 2.45) is 0 Å². The van der Waals surface area contributed by atoms with Crippen LogP contribution in [0.25, 0.3) is 0 Å². The van der Waals surface area contributed by atoms with E-state index >= 15 is 0 Å². The first-order chi connectivity index (χ1) is 12.1. The lowest BCUT2D eigenvalue weighted by molar-refractivity contribution is 0.295. The summed E-state index contributed by atoms with van der Waals surface area (Å²) in [4.78, 5) is 2.41. The molecule has 0 radical (unpaired) electrons. The predicted molar refractivity (Wildman–Crippen MR) is 124 cm³/mol. The molecule has 0 aliphatic rings. The molecule has 0 spiro atoms. The van der Waals surface area contributed by atoms with E-state index in [-0.39, 0.29) is 24.8 Å². The highest BCUT2D eigenvalue weighted by atomic mass is 79.9. The Morgan fingerprint density at radius 1 is 1.04 bits per heavy atom. The van der Waals surface area contributed by atoms with Crippen molar-refractivity contribution in [1.29, 1.82) is 0 Å². The third kappa shape index (κ3) is 9.51. The SMILES string of the molecule is CCN(CC)CCNCc1cc(Br)ccc1OCc1ccc(Cl)cc1.Cl.Cl. The summed E-state index contributed by atoms with van der Waals surface area (Å²) in [7, 11) is 0. The van der Waals surface area contributed by atoms with Crippen molar-refractivity contribution in [2.45, 2.75) is 27.0 Å². The quantitative estimate of drug-likeness (QED) is 0.409. The molecule has 2 aromatic rings. The zero-order chi connectivity index (χ0) is 18.1. The van der Waals surface area contributed by atoms with Crippen LogP contribution in [-0.2, 0) is 13.2 Å². The van der Waals surface area contributed by atoms with Crippen LogP contribution in [0.1, 0.15) is 25.0 Å². The molecule has 2 rings (SSSR count). The Kier molecular flexibility index (Phi) is 14.2. The van der Waals surface area contributed by atoms with E-state index in [0.29, 0.717) is 6.61 Å². The van der Waals surface area contributed by atoms with Gasteiger partial charge in [0.1, 0.15) is 12.4 Å². The molecule has 0 saturated carbocycles. The number of likely N-dealkylation sites (N-methyl/N-ethyl adjacent to an activating group) is 1. The van der Waals surface area contributed by atoms with Crippen LogP contribution in [0.15, 0.2) is 46.9 Å². The fraction of sp³-hybridized carbons (Fsp3) is 0.400. The summed E-state index contributed by atoms with van der Waals surface area (Å²) in [5, 5.41) is 4.26. The van der Waals surface area contributed by atoms with Crippen molar-refractivity contribution in [3.8, 4) is 5.75 Å². The molecule has 0 bridgehead atoms. The smallest absolute Gasteiger partial charge is 0.124 e. The number of halogens is 4. The van der Waals surface area contributed by atoms with E-state index in [1.165, 1.54) is 0 Å². The second-order valence-corrected chi connectivity index (χ2v) is 7.22. The molecule has 0 heterocycles. The number of nitrogens with zero attached hydrogens (tertiary/aromatic N) is 1. The van der Waals surface area contributed by atoms with Gasteiger partial charge in [0.25, 0.3) is 0 Å². The van der Waals surface area contributed by atoms with Gasteiger partial charge in [-0.05, 0) is 49.0 Å².